The lowest BCUT2D eigenvalue weighted by Crippen LogP contribution is -2.41. The first kappa shape index (κ1) is 18.2. The summed E-state index contributed by atoms with van der Waals surface area (Å²) in [4.78, 5) is 26.9. The molecule has 25 heavy (non-hydrogen) atoms. The van der Waals surface area contributed by atoms with Gasteiger partial charge in [-0.15, -0.1) is 0 Å². The number of nitrogens with zero attached hydrogens (tertiary/aromatic N) is 4. The van der Waals surface area contributed by atoms with E-state index in [0.717, 1.165) is 44.6 Å². The van der Waals surface area contributed by atoms with Crippen molar-refractivity contribution in [2.24, 2.45) is 0 Å². The number of nitrogens with one attached hydrogen (secondary N) is 1. The third kappa shape index (κ3) is 4.71. The van der Waals surface area contributed by atoms with Gasteiger partial charge in [0.2, 0.25) is 5.91 Å². The van der Waals surface area contributed by atoms with Gasteiger partial charge in [0.05, 0.1) is 0 Å². The van der Waals surface area contributed by atoms with Gasteiger partial charge in [-0.25, -0.2) is 9.48 Å². The highest BCUT2D eigenvalue weighted by molar-refractivity contribution is 5.75. The van der Waals surface area contributed by atoms with Crippen LogP contribution in [0.4, 0.5) is 0 Å². The molecule has 1 saturated carbocycles. The van der Waals surface area contributed by atoms with Crippen molar-refractivity contribution in [2.75, 3.05) is 20.1 Å². The Hall–Kier alpha value is -1.63. The van der Waals surface area contributed by atoms with Gasteiger partial charge >= 0.3 is 5.69 Å². The zero-order valence-electron chi connectivity index (χ0n) is 15.4. The van der Waals surface area contributed by atoms with Gasteiger partial charge in [0.15, 0.2) is 0 Å². The first-order chi connectivity index (χ1) is 12.1. The van der Waals surface area contributed by atoms with Crippen molar-refractivity contribution in [2.45, 2.75) is 76.9 Å². The number of hydrogen-bond acceptors (Lipinski definition) is 4. The van der Waals surface area contributed by atoms with Crippen LogP contribution in [0.15, 0.2) is 4.79 Å². The molecule has 2 aliphatic rings. The Labute approximate surface area is 149 Å². The van der Waals surface area contributed by atoms with Crippen LogP contribution in [0.2, 0.25) is 0 Å². The molecule has 2 heterocycles. The highest BCUT2D eigenvalue weighted by atomic mass is 16.2. The minimum absolute atomic E-state index is 0.0198. The maximum absolute atomic E-state index is 12.4. The van der Waals surface area contributed by atoms with E-state index < -0.39 is 0 Å². The number of rotatable bonds is 6. The lowest BCUT2D eigenvalue weighted by Gasteiger charge is -2.31. The fraction of sp³-hybridized carbons (Fsp3) is 0.833. The van der Waals surface area contributed by atoms with Crippen LogP contribution in [0.5, 0.6) is 0 Å². The number of hydrogen-bond donors (Lipinski definition) is 1. The first-order valence-corrected chi connectivity index (χ1v) is 9.78. The van der Waals surface area contributed by atoms with E-state index >= 15 is 0 Å². The SMILES string of the molecule is CN(CCNC(=O)Cn1nc2n(c1=O)CCCCC2)C1CCCCC1. The van der Waals surface area contributed by atoms with E-state index in [1.807, 2.05) is 0 Å². The molecule has 0 radical (unpaired) electrons. The zero-order chi connectivity index (χ0) is 17.6. The van der Waals surface area contributed by atoms with E-state index in [-0.39, 0.29) is 18.1 Å². The topological polar surface area (TPSA) is 72.2 Å². The number of carbonyl (C=O) groups excluding carboxylic acids is 1. The molecule has 0 saturated heterocycles. The minimum atomic E-state index is -0.147. The fourth-order valence-electron chi connectivity index (χ4n) is 4.00. The van der Waals surface area contributed by atoms with Gasteiger partial charge in [-0.05, 0) is 32.7 Å². The number of aromatic nitrogens is 3. The molecular weight excluding hydrogens is 318 g/mol. The lowest BCUT2D eigenvalue weighted by molar-refractivity contribution is -0.122. The molecule has 140 valence electrons. The van der Waals surface area contributed by atoms with Crippen LogP contribution in [-0.2, 0) is 24.3 Å². The van der Waals surface area contributed by atoms with Crippen molar-refractivity contribution >= 4 is 5.91 Å². The second-order valence-corrected chi connectivity index (χ2v) is 7.44. The molecular formula is C18H31N5O2. The standard InChI is InChI=1S/C18H31N5O2/c1-21(15-8-4-2-5-9-15)13-11-19-17(24)14-23-18(25)22-12-7-3-6-10-16(22)20-23/h15H,2-14H2,1H3,(H,19,24). The monoisotopic (exact) mass is 349 g/mol. The molecule has 0 atom stereocenters. The second-order valence-electron chi connectivity index (χ2n) is 7.44. The van der Waals surface area contributed by atoms with Crippen LogP contribution >= 0.6 is 0 Å². The Bertz CT molecular complexity index is 630. The Morgan fingerprint density at radius 2 is 1.96 bits per heavy atom. The maximum atomic E-state index is 12.4. The van der Waals surface area contributed by atoms with Crippen molar-refractivity contribution < 1.29 is 4.79 Å². The number of aryl methyl sites for hydroxylation is 1. The van der Waals surface area contributed by atoms with Gasteiger partial charge in [-0.3, -0.25) is 9.36 Å². The van der Waals surface area contributed by atoms with E-state index in [2.05, 4.69) is 22.4 Å². The molecule has 1 fully saturated rings. The molecule has 1 N–H and O–H groups in total. The van der Waals surface area contributed by atoms with Crippen molar-refractivity contribution in [1.82, 2.24) is 24.6 Å². The normalized spacial score (nSPS) is 18.8. The van der Waals surface area contributed by atoms with Crippen LogP contribution in [-0.4, -0.2) is 51.3 Å². The predicted octanol–water partition coefficient (Wildman–Crippen LogP) is 1.15. The summed E-state index contributed by atoms with van der Waals surface area (Å²) in [7, 11) is 2.14. The Balaban J connectivity index is 1.46. The van der Waals surface area contributed by atoms with E-state index in [0.29, 0.717) is 12.6 Å². The van der Waals surface area contributed by atoms with Gasteiger partial charge in [0.25, 0.3) is 0 Å². The van der Waals surface area contributed by atoms with E-state index in [1.54, 1.807) is 4.57 Å². The summed E-state index contributed by atoms with van der Waals surface area (Å²) in [5.41, 5.74) is -0.147. The van der Waals surface area contributed by atoms with Gasteiger partial charge < -0.3 is 10.2 Å². The number of amides is 1. The van der Waals surface area contributed by atoms with Gasteiger partial charge in [-0.1, -0.05) is 25.7 Å². The third-order valence-electron chi connectivity index (χ3n) is 5.56. The molecule has 0 bridgehead atoms. The molecule has 1 aliphatic carbocycles. The van der Waals surface area contributed by atoms with Gasteiger partial charge in [-0.2, -0.15) is 5.10 Å². The number of carbonyl (C=O) groups is 1. The summed E-state index contributed by atoms with van der Waals surface area (Å²) in [5, 5.41) is 7.29. The van der Waals surface area contributed by atoms with E-state index in [4.69, 9.17) is 0 Å². The quantitative estimate of drug-likeness (QED) is 0.836. The summed E-state index contributed by atoms with van der Waals surface area (Å²) >= 11 is 0. The Morgan fingerprint density at radius 1 is 1.20 bits per heavy atom. The van der Waals surface area contributed by atoms with Gasteiger partial charge in [0, 0.05) is 32.1 Å². The average molecular weight is 349 g/mol. The van der Waals surface area contributed by atoms with Crippen molar-refractivity contribution in [1.29, 1.82) is 0 Å². The number of fused-ring (bicyclic) bond motifs is 1. The summed E-state index contributed by atoms with van der Waals surface area (Å²) in [6.45, 7) is 2.22. The molecule has 0 unspecified atom stereocenters. The molecule has 1 aromatic heterocycles. The largest absolute Gasteiger partial charge is 0.353 e. The van der Waals surface area contributed by atoms with Crippen molar-refractivity contribution in [3.63, 3.8) is 0 Å². The second kappa shape index (κ2) is 8.65. The molecule has 7 nitrogen and oxygen atoms in total. The van der Waals surface area contributed by atoms with Crippen LogP contribution in [0.25, 0.3) is 0 Å². The molecule has 1 aromatic rings. The van der Waals surface area contributed by atoms with Crippen molar-refractivity contribution in [3.8, 4) is 0 Å². The van der Waals surface area contributed by atoms with Crippen LogP contribution in [0, 0.1) is 0 Å². The first-order valence-electron chi connectivity index (χ1n) is 9.78. The van der Waals surface area contributed by atoms with E-state index in [9.17, 15) is 9.59 Å². The summed E-state index contributed by atoms with van der Waals surface area (Å²) in [6, 6.07) is 0.650. The summed E-state index contributed by atoms with van der Waals surface area (Å²) in [5.74, 6) is 0.694. The predicted molar refractivity (Wildman–Crippen MR) is 96.6 cm³/mol. The Morgan fingerprint density at radius 3 is 2.76 bits per heavy atom. The van der Waals surface area contributed by atoms with Crippen LogP contribution in [0.1, 0.15) is 57.2 Å². The molecule has 1 aliphatic heterocycles. The van der Waals surface area contributed by atoms with Gasteiger partial charge in [0.1, 0.15) is 12.4 Å². The molecule has 3 rings (SSSR count). The Kier molecular flexibility index (Phi) is 6.29. The maximum Gasteiger partial charge on any atom is 0.346 e. The fourth-order valence-corrected chi connectivity index (χ4v) is 4.00. The zero-order valence-corrected chi connectivity index (χ0v) is 15.4. The molecule has 0 aromatic carbocycles. The minimum Gasteiger partial charge on any atom is -0.353 e. The highest BCUT2D eigenvalue weighted by Crippen LogP contribution is 2.21. The molecule has 0 spiro atoms. The van der Waals surface area contributed by atoms with Crippen LogP contribution < -0.4 is 11.0 Å². The van der Waals surface area contributed by atoms with Crippen molar-refractivity contribution in [3.05, 3.63) is 16.3 Å². The average Bonchev–Trinajstić information content (AvgIpc) is 2.79. The van der Waals surface area contributed by atoms with Crippen LogP contribution in [0.3, 0.4) is 0 Å². The smallest absolute Gasteiger partial charge is 0.346 e. The highest BCUT2D eigenvalue weighted by Gasteiger charge is 2.19. The van der Waals surface area contributed by atoms with E-state index in [1.165, 1.54) is 36.8 Å². The third-order valence-corrected chi connectivity index (χ3v) is 5.56. The summed E-state index contributed by atoms with van der Waals surface area (Å²) in [6.07, 6.45) is 10.6. The molecule has 1 amide bonds. The lowest BCUT2D eigenvalue weighted by atomic mass is 9.94. The number of likely N-dealkylation sites (N-methyl/N-ethyl adjacent to an activating group) is 1. The summed E-state index contributed by atoms with van der Waals surface area (Å²) < 4.78 is 3.05. The molecule has 7 heteroatoms.